The summed E-state index contributed by atoms with van der Waals surface area (Å²) in [5.41, 5.74) is 2.27. The molecule has 220 valence electrons. The van der Waals surface area contributed by atoms with Crippen molar-refractivity contribution in [3.05, 3.63) is 99.5 Å². The van der Waals surface area contributed by atoms with Gasteiger partial charge in [0.1, 0.15) is 6.04 Å². The fraction of sp³-hybridized carbons (Fsp3) is 0.355. The Bertz CT molecular complexity index is 1390. The zero-order valence-electron chi connectivity index (χ0n) is 23.4. The van der Waals surface area contributed by atoms with Crippen LogP contribution in [0.25, 0.3) is 0 Å². The molecule has 1 unspecified atom stereocenters. The average Bonchev–Trinajstić information content (AvgIpc) is 2.94. The molecule has 0 saturated heterocycles. The standard InChI is InChI=1S/C31H37BrClN3O4S/c1-3-4-19-34-31(38)29(21-24-10-6-5-7-11-24)35(23-25-15-17-26(32)18-16-25)30(37)14-9-20-36(41(2,39)40)28-13-8-12-27(33)22-28/h5-8,10-13,15-18,22,29H,3-4,9,14,19-21,23H2,1-2H3,(H,34,38). The van der Waals surface area contributed by atoms with Gasteiger partial charge in [-0.15, -0.1) is 0 Å². The molecule has 0 aliphatic rings. The molecule has 3 aromatic carbocycles. The molecule has 1 N–H and O–H groups in total. The lowest BCUT2D eigenvalue weighted by molar-refractivity contribution is -0.141. The Balaban J connectivity index is 1.86. The van der Waals surface area contributed by atoms with E-state index < -0.39 is 16.1 Å². The fourth-order valence-electron chi connectivity index (χ4n) is 4.48. The largest absolute Gasteiger partial charge is 0.354 e. The second-order valence-electron chi connectivity index (χ2n) is 9.92. The van der Waals surface area contributed by atoms with Crippen molar-refractivity contribution in [3.63, 3.8) is 0 Å². The van der Waals surface area contributed by atoms with Gasteiger partial charge in [0.05, 0.1) is 11.9 Å². The van der Waals surface area contributed by atoms with Gasteiger partial charge in [-0.25, -0.2) is 8.42 Å². The number of halogens is 2. The maximum absolute atomic E-state index is 13.9. The van der Waals surface area contributed by atoms with Crippen molar-refractivity contribution in [2.75, 3.05) is 23.7 Å². The van der Waals surface area contributed by atoms with Crippen molar-refractivity contribution >= 4 is 55.1 Å². The molecule has 7 nitrogen and oxygen atoms in total. The molecule has 0 aliphatic carbocycles. The summed E-state index contributed by atoms with van der Waals surface area (Å²) in [7, 11) is -3.61. The van der Waals surface area contributed by atoms with Crippen LogP contribution in [-0.4, -0.2) is 50.5 Å². The van der Waals surface area contributed by atoms with E-state index in [2.05, 4.69) is 28.2 Å². The molecule has 0 spiro atoms. The zero-order chi connectivity index (χ0) is 29.8. The Kier molecular flexibility index (Phi) is 12.7. The van der Waals surface area contributed by atoms with Crippen molar-refractivity contribution in [2.24, 2.45) is 0 Å². The third-order valence-electron chi connectivity index (χ3n) is 6.62. The minimum absolute atomic E-state index is 0.0661. The summed E-state index contributed by atoms with van der Waals surface area (Å²) < 4.78 is 27.3. The molecule has 0 heterocycles. The highest BCUT2D eigenvalue weighted by Crippen LogP contribution is 2.23. The second kappa shape index (κ2) is 15.9. The van der Waals surface area contributed by atoms with E-state index in [1.807, 2.05) is 54.6 Å². The van der Waals surface area contributed by atoms with Crippen molar-refractivity contribution in [3.8, 4) is 0 Å². The molecule has 0 saturated carbocycles. The molecule has 0 bridgehead atoms. The van der Waals surface area contributed by atoms with Crippen LogP contribution in [0.1, 0.15) is 43.7 Å². The highest BCUT2D eigenvalue weighted by atomic mass is 79.9. The number of rotatable bonds is 15. The summed E-state index contributed by atoms with van der Waals surface area (Å²) >= 11 is 9.56. The molecule has 0 fully saturated rings. The van der Waals surface area contributed by atoms with Crippen molar-refractivity contribution in [1.82, 2.24) is 10.2 Å². The highest BCUT2D eigenvalue weighted by Gasteiger charge is 2.30. The van der Waals surface area contributed by atoms with E-state index in [9.17, 15) is 18.0 Å². The van der Waals surface area contributed by atoms with E-state index in [4.69, 9.17) is 11.6 Å². The van der Waals surface area contributed by atoms with Crippen LogP contribution in [0.4, 0.5) is 5.69 Å². The normalized spacial score (nSPS) is 12.0. The molecule has 0 aromatic heterocycles. The molecule has 3 aromatic rings. The van der Waals surface area contributed by atoms with Crippen LogP contribution in [-0.2, 0) is 32.6 Å². The summed E-state index contributed by atoms with van der Waals surface area (Å²) in [5, 5.41) is 3.44. The highest BCUT2D eigenvalue weighted by molar-refractivity contribution is 9.10. The summed E-state index contributed by atoms with van der Waals surface area (Å²) in [5.74, 6) is -0.427. The first kappa shape index (κ1) is 32.6. The van der Waals surface area contributed by atoms with Crippen LogP contribution in [0.5, 0.6) is 0 Å². The summed E-state index contributed by atoms with van der Waals surface area (Å²) in [4.78, 5) is 29.0. The summed E-state index contributed by atoms with van der Waals surface area (Å²) in [6.45, 7) is 2.93. The number of anilines is 1. The molecule has 3 rings (SSSR count). The Morgan fingerprint density at radius 1 is 0.951 bits per heavy atom. The van der Waals surface area contributed by atoms with E-state index >= 15 is 0 Å². The monoisotopic (exact) mass is 661 g/mol. The van der Waals surface area contributed by atoms with Crippen LogP contribution in [0.2, 0.25) is 5.02 Å². The van der Waals surface area contributed by atoms with Gasteiger partial charge in [-0.2, -0.15) is 0 Å². The minimum atomic E-state index is -3.61. The van der Waals surface area contributed by atoms with E-state index in [0.29, 0.717) is 23.7 Å². The first-order valence-electron chi connectivity index (χ1n) is 13.7. The number of hydrogen-bond acceptors (Lipinski definition) is 4. The molecule has 41 heavy (non-hydrogen) atoms. The second-order valence-corrected chi connectivity index (χ2v) is 13.2. The Hall–Kier alpha value is -2.88. The molecule has 0 radical (unpaired) electrons. The van der Waals surface area contributed by atoms with Gasteiger partial charge < -0.3 is 10.2 Å². The molecule has 10 heteroatoms. The van der Waals surface area contributed by atoms with E-state index in [-0.39, 0.29) is 37.7 Å². The number of hydrogen-bond donors (Lipinski definition) is 1. The summed E-state index contributed by atoms with van der Waals surface area (Å²) in [6.07, 6.45) is 3.61. The number of benzene rings is 3. The molecule has 2 amide bonds. The van der Waals surface area contributed by atoms with Crippen LogP contribution in [0, 0.1) is 0 Å². The van der Waals surface area contributed by atoms with Crippen LogP contribution >= 0.6 is 27.5 Å². The number of carbonyl (C=O) groups is 2. The lowest BCUT2D eigenvalue weighted by Gasteiger charge is -2.32. The SMILES string of the molecule is CCCCNC(=O)C(Cc1ccccc1)N(Cc1ccc(Br)cc1)C(=O)CCCN(c1cccc(Cl)c1)S(C)(=O)=O. The van der Waals surface area contributed by atoms with Gasteiger partial charge in [-0.1, -0.05) is 89.4 Å². The topological polar surface area (TPSA) is 86.8 Å². The zero-order valence-corrected chi connectivity index (χ0v) is 26.6. The predicted octanol–water partition coefficient (Wildman–Crippen LogP) is 6.21. The third kappa shape index (κ3) is 10.5. The lowest BCUT2D eigenvalue weighted by Crippen LogP contribution is -2.50. The third-order valence-corrected chi connectivity index (χ3v) is 8.57. The number of amides is 2. The minimum Gasteiger partial charge on any atom is -0.354 e. The first-order valence-corrected chi connectivity index (χ1v) is 16.7. The predicted molar refractivity (Wildman–Crippen MR) is 169 cm³/mol. The molecule has 0 aliphatic heterocycles. The van der Waals surface area contributed by atoms with Crippen LogP contribution in [0.3, 0.4) is 0 Å². The smallest absolute Gasteiger partial charge is 0.243 e. The van der Waals surface area contributed by atoms with Gasteiger partial charge in [0.25, 0.3) is 0 Å². The number of nitrogens with one attached hydrogen (secondary N) is 1. The summed E-state index contributed by atoms with van der Waals surface area (Å²) in [6, 6.07) is 23.2. The average molecular weight is 663 g/mol. The number of carbonyl (C=O) groups excluding carboxylic acids is 2. The van der Waals surface area contributed by atoms with E-state index in [1.54, 1.807) is 29.2 Å². The van der Waals surface area contributed by atoms with E-state index in [1.165, 1.54) is 4.31 Å². The Labute approximate surface area is 257 Å². The van der Waals surface area contributed by atoms with Crippen LogP contribution < -0.4 is 9.62 Å². The number of sulfonamides is 1. The van der Waals surface area contributed by atoms with Crippen molar-refractivity contribution in [1.29, 1.82) is 0 Å². The van der Waals surface area contributed by atoms with Gasteiger partial charge in [-0.05, 0) is 54.3 Å². The van der Waals surface area contributed by atoms with Gasteiger partial charge in [0, 0.05) is 42.0 Å². The number of nitrogens with zero attached hydrogens (tertiary/aromatic N) is 2. The fourth-order valence-corrected chi connectivity index (χ4v) is 5.89. The van der Waals surface area contributed by atoms with Gasteiger partial charge in [0.15, 0.2) is 0 Å². The van der Waals surface area contributed by atoms with Gasteiger partial charge in [0.2, 0.25) is 21.8 Å². The van der Waals surface area contributed by atoms with Gasteiger partial charge in [-0.3, -0.25) is 13.9 Å². The van der Waals surface area contributed by atoms with Gasteiger partial charge >= 0.3 is 0 Å². The Morgan fingerprint density at radius 2 is 1.66 bits per heavy atom. The van der Waals surface area contributed by atoms with Crippen molar-refractivity contribution < 1.29 is 18.0 Å². The maximum atomic E-state index is 13.9. The lowest BCUT2D eigenvalue weighted by atomic mass is 10.0. The molecular weight excluding hydrogens is 626 g/mol. The van der Waals surface area contributed by atoms with E-state index in [0.717, 1.165) is 34.7 Å². The quantitative estimate of drug-likeness (QED) is 0.196. The first-order chi connectivity index (χ1) is 19.6. The maximum Gasteiger partial charge on any atom is 0.243 e. The Morgan fingerprint density at radius 3 is 2.29 bits per heavy atom. The van der Waals surface area contributed by atoms with Crippen LogP contribution in [0.15, 0.2) is 83.3 Å². The van der Waals surface area contributed by atoms with Crippen molar-refractivity contribution in [2.45, 2.75) is 51.6 Å². The molecular formula is C31H37BrClN3O4S. The molecule has 1 atom stereocenters. The number of unbranched alkanes of at least 4 members (excludes halogenated alkanes) is 1.